The highest BCUT2D eigenvalue weighted by Gasteiger charge is 2.36. The van der Waals surface area contributed by atoms with Crippen LogP contribution in [0.2, 0.25) is 0 Å². The Labute approximate surface area is 278 Å². The molecule has 268 valence electrons. The maximum Gasteiger partial charge on any atom is 0.437 e. The summed E-state index contributed by atoms with van der Waals surface area (Å²) in [7, 11) is 0. The molecule has 15 nitrogen and oxygen atoms in total. The highest BCUT2D eigenvalue weighted by molar-refractivity contribution is 5.91. The number of unbranched alkanes of at least 4 members (excludes halogenated alkanes) is 2. The molecule has 0 aromatic carbocycles. The molecule has 1 fully saturated rings. The number of ketones is 1. The molecule has 0 saturated carbocycles. The van der Waals surface area contributed by atoms with Gasteiger partial charge in [-0.2, -0.15) is 0 Å². The molecule has 1 aliphatic heterocycles. The molecule has 0 aliphatic carbocycles. The zero-order valence-corrected chi connectivity index (χ0v) is 29.1. The third kappa shape index (κ3) is 17.7. The largest absolute Gasteiger partial charge is 0.449 e. The Balaban J connectivity index is 3.02. The highest BCUT2D eigenvalue weighted by Crippen LogP contribution is 2.20. The Hall–Kier alpha value is -3.72. The quantitative estimate of drug-likeness (QED) is 0.0725. The summed E-state index contributed by atoms with van der Waals surface area (Å²) < 4.78 is 22.0. The highest BCUT2D eigenvalue weighted by atomic mass is 16.6. The first-order valence-corrected chi connectivity index (χ1v) is 16.2. The minimum atomic E-state index is -1.12. The lowest BCUT2D eigenvalue weighted by molar-refractivity contribution is -0.133. The average molecular weight is 669 g/mol. The van der Waals surface area contributed by atoms with Gasteiger partial charge in [0.2, 0.25) is 17.8 Å². The first kappa shape index (κ1) is 41.3. The van der Waals surface area contributed by atoms with Crippen LogP contribution in [0.15, 0.2) is 17.6 Å². The number of nitrogens with one attached hydrogen (secondary N) is 3. The third-order valence-electron chi connectivity index (χ3n) is 6.77. The SMILES string of the molecule is C=CCOC(=O)/N=C(\N)N1CCCC(NC(=O)C(C)NC(=O)C(COC(C)(C)C)NC(=O)OCC(C)C)C1OCCCCCC(C)=O. The van der Waals surface area contributed by atoms with Crippen molar-refractivity contribution >= 4 is 35.7 Å². The van der Waals surface area contributed by atoms with Gasteiger partial charge < -0.3 is 50.3 Å². The van der Waals surface area contributed by atoms with E-state index in [4.69, 9.17) is 24.7 Å². The van der Waals surface area contributed by atoms with E-state index >= 15 is 0 Å². The van der Waals surface area contributed by atoms with Crippen LogP contribution < -0.4 is 21.7 Å². The van der Waals surface area contributed by atoms with Gasteiger partial charge in [-0.3, -0.25) is 9.59 Å². The predicted molar refractivity (Wildman–Crippen MR) is 176 cm³/mol. The van der Waals surface area contributed by atoms with Gasteiger partial charge >= 0.3 is 12.2 Å². The molecule has 4 atom stereocenters. The molecule has 0 aromatic heterocycles. The zero-order valence-electron chi connectivity index (χ0n) is 29.1. The van der Waals surface area contributed by atoms with E-state index in [0.717, 1.165) is 12.8 Å². The van der Waals surface area contributed by atoms with E-state index in [9.17, 15) is 24.0 Å². The van der Waals surface area contributed by atoms with E-state index in [-0.39, 0.29) is 37.5 Å². The maximum absolute atomic E-state index is 13.4. The number of Topliss-reactive ketones (excluding diaryl/α,β-unsaturated/α-hetero) is 1. The maximum atomic E-state index is 13.4. The number of nitrogens with zero attached hydrogens (tertiary/aromatic N) is 2. The van der Waals surface area contributed by atoms with Gasteiger partial charge in [-0.1, -0.05) is 32.9 Å². The summed E-state index contributed by atoms with van der Waals surface area (Å²) in [4.78, 5) is 67.7. The van der Waals surface area contributed by atoms with Crippen molar-refractivity contribution in [2.45, 2.75) is 117 Å². The number of amides is 4. The summed E-state index contributed by atoms with van der Waals surface area (Å²) in [6.45, 7) is 16.5. The molecule has 0 radical (unpaired) electrons. The summed E-state index contributed by atoms with van der Waals surface area (Å²) >= 11 is 0. The van der Waals surface area contributed by atoms with Crippen molar-refractivity contribution < 1.29 is 42.9 Å². The fourth-order valence-electron chi connectivity index (χ4n) is 4.37. The van der Waals surface area contributed by atoms with Crippen molar-refractivity contribution in [3.8, 4) is 0 Å². The van der Waals surface area contributed by atoms with Crippen LogP contribution in [-0.4, -0.2) is 104 Å². The number of hydrogen-bond acceptors (Lipinski definition) is 9. The van der Waals surface area contributed by atoms with E-state index in [1.54, 1.807) is 11.8 Å². The molecule has 1 aliphatic rings. The van der Waals surface area contributed by atoms with Gasteiger partial charge in [0.1, 0.15) is 24.5 Å². The molecule has 1 saturated heterocycles. The number of rotatable bonds is 18. The second-order valence-electron chi connectivity index (χ2n) is 12.9. The van der Waals surface area contributed by atoms with Crippen LogP contribution in [0.1, 0.15) is 87.0 Å². The van der Waals surface area contributed by atoms with E-state index in [1.807, 2.05) is 34.6 Å². The molecule has 4 amide bonds. The van der Waals surface area contributed by atoms with Gasteiger partial charge in [0.15, 0.2) is 6.23 Å². The van der Waals surface area contributed by atoms with Crippen LogP contribution in [-0.2, 0) is 33.3 Å². The van der Waals surface area contributed by atoms with Crippen molar-refractivity contribution in [1.82, 2.24) is 20.9 Å². The average Bonchev–Trinajstić information content (AvgIpc) is 2.98. The van der Waals surface area contributed by atoms with Gasteiger partial charge in [-0.15, -0.1) is 4.99 Å². The van der Waals surface area contributed by atoms with Crippen molar-refractivity contribution in [3.05, 3.63) is 12.7 Å². The fourth-order valence-corrected chi connectivity index (χ4v) is 4.37. The molecule has 0 aromatic rings. The number of carbonyl (C=O) groups excluding carboxylic acids is 5. The number of nitrogens with two attached hydrogens (primary N) is 1. The normalized spacial score (nSPS) is 18.1. The van der Waals surface area contributed by atoms with Gasteiger partial charge in [0.25, 0.3) is 0 Å². The number of carbonyl (C=O) groups is 5. The predicted octanol–water partition coefficient (Wildman–Crippen LogP) is 2.77. The van der Waals surface area contributed by atoms with Gasteiger partial charge in [0.05, 0.1) is 24.9 Å². The molecule has 4 unspecified atom stereocenters. The number of hydrogen-bond donors (Lipinski definition) is 4. The van der Waals surface area contributed by atoms with Crippen LogP contribution in [0.25, 0.3) is 0 Å². The molecule has 0 bridgehead atoms. The van der Waals surface area contributed by atoms with Crippen LogP contribution >= 0.6 is 0 Å². The number of guanidine groups is 1. The summed E-state index contributed by atoms with van der Waals surface area (Å²) in [6.07, 6.45) is 2.74. The summed E-state index contributed by atoms with van der Waals surface area (Å²) in [5, 5.41) is 8.10. The molecule has 1 rings (SSSR count). The number of alkyl carbamates (subject to hydrolysis) is 1. The van der Waals surface area contributed by atoms with Crippen molar-refractivity contribution in [2.24, 2.45) is 16.6 Å². The number of ether oxygens (including phenoxy) is 4. The molecule has 1 heterocycles. The van der Waals surface area contributed by atoms with Crippen LogP contribution in [0.3, 0.4) is 0 Å². The topological polar surface area (TPSA) is 200 Å². The first-order chi connectivity index (χ1) is 22.0. The van der Waals surface area contributed by atoms with Crippen molar-refractivity contribution in [3.63, 3.8) is 0 Å². The first-order valence-electron chi connectivity index (χ1n) is 16.2. The zero-order chi connectivity index (χ0) is 35.6. The summed E-state index contributed by atoms with van der Waals surface area (Å²) in [5.74, 6) is -1.03. The monoisotopic (exact) mass is 668 g/mol. The van der Waals surface area contributed by atoms with Crippen LogP contribution in [0.4, 0.5) is 9.59 Å². The summed E-state index contributed by atoms with van der Waals surface area (Å²) in [5.41, 5.74) is 5.60. The van der Waals surface area contributed by atoms with Crippen molar-refractivity contribution in [1.29, 1.82) is 0 Å². The Morgan fingerprint density at radius 2 is 1.72 bits per heavy atom. The lowest BCUT2D eigenvalue weighted by atomic mass is 10.0. The standard InChI is InChI=1S/C32H56N6O9/c1-9-17-45-31(43)37-29(33)38-16-13-15-24(28(38)44-18-12-10-11-14-22(4)39)35-26(40)23(5)34-27(41)25(20-47-32(6,7)8)36-30(42)46-19-21(2)3/h9,21,23-25,28H,1,10-20H2,2-8H3,(H,34,41)(H,35,40)(H,36,42)(H2,33,37,43). The molecular weight excluding hydrogens is 612 g/mol. The van der Waals surface area contributed by atoms with E-state index in [2.05, 4.69) is 27.5 Å². The smallest absolute Gasteiger partial charge is 0.437 e. The minimum absolute atomic E-state index is 0.0318. The molecule has 47 heavy (non-hydrogen) atoms. The second-order valence-corrected chi connectivity index (χ2v) is 12.9. The molecular formula is C32H56N6O9. The van der Waals surface area contributed by atoms with Crippen LogP contribution in [0.5, 0.6) is 0 Å². The van der Waals surface area contributed by atoms with E-state index in [1.165, 1.54) is 13.0 Å². The van der Waals surface area contributed by atoms with Gasteiger partial charge in [-0.05, 0) is 66.2 Å². The van der Waals surface area contributed by atoms with E-state index in [0.29, 0.717) is 38.8 Å². The Morgan fingerprint density at radius 3 is 2.34 bits per heavy atom. The summed E-state index contributed by atoms with van der Waals surface area (Å²) in [6, 6.07) is -2.70. The van der Waals surface area contributed by atoms with Gasteiger partial charge in [-0.25, -0.2) is 9.59 Å². The number of likely N-dealkylation sites (tertiary alicyclic amines) is 1. The lowest BCUT2D eigenvalue weighted by Crippen LogP contribution is -2.62. The number of aliphatic imine (C=N–C) groups is 1. The Morgan fingerprint density at radius 1 is 1.02 bits per heavy atom. The molecule has 0 spiro atoms. The minimum Gasteiger partial charge on any atom is -0.449 e. The van der Waals surface area contributed by atoms with Crippen molar-refractivity contribution in [2.75, 3.05) is 33.0 Å². The second kappa shape index (κ2) is 21.2. The Kier molecular flexibility index (Phi) is 18.6. The third-order valence-corrected chi connectivity index (χ3v) is 6.77. The fraction of sp³-hybridized carbons (Fsp3) is 0.750. The van der Waals surface area contributed by atoms with Crippen LogP contribution in [0, 0.1) is 5.92 Å². The molecule has 15 heteroatoms. The Bertz CT molecular complexity index is 1080. The van der Waals surface area contributed by atoms with Gasteiger partial charge in [0, 0.05) is 19.6 Å². The van der Waals surface area contributed by atoms with E-state index < -0.39 is 54.0 Å². The lowest BCUT2D eigenvalue weighted by Gasteiger charge is -2.41. The molecule has 5 N–H and O–H groups in total. The number of piperidine rings is 1.